The first-order chi connectivity index (χ1) is 18.5. The van der Waals surface area contributed by atoms with Crippen LogP contribution < -0.4 is 0 Å². The van der Waals surface area contributed by atoms with Crippen molar-refractivity contribution in [3.05, 3.63) is 132 Å². The SMILES string of the molecule is Cc1c2ccccc2c(-c2cc3ccccc3c3ccccc23)c2cc3c(cc12)C(C)(C)c1ccccc1-3. The van der Waals surface area contributed by atoms with Crippen molar-refractivity contribution >= 4 is 43.1 Å². The maximum absolute atomic E-state index is 2.50. The zero-order valence-electron chi connectivity index (χ0n) is 22.0. The lowest BCUT2D eigenvalue weighted by Gasteiger charge is -2.23. The van der Waals surface area contributed by atoms with Crippen molar-refractivity contribution in [3.63, 3.8) is 0 Å². The van der Waals surface area contributed by atoms with E-state index >= 15 is 0 Å². The van der Waals surface area contributed by atoms with Gasteiger partial charge in [-0.2, -0.15) is 0 Å². The summed E-state index contributed by atoms with van der Waals surface area (Å²) in [5, 5.41) is 10.6. The highest BCUT2D eigenvalue weighted by molar-refractivity contribution is 6.23. The molecular formula is C38H28. The Morgan fingerprint density at radius 2 is 1.05 bits per heavy atom. The van der Waals surface area contributed by atoms with Gasteiger partial charge >= 0.3 is 0 Å². The maximum atomic E-state index is 2.50. The standard InChI is InChI=1S/C38H28/c1-23-25-13-6-9-18-30(25)37(33-20-24-12-4-5-14-26(24)27-15-7-8-16-28(27)33)34-21-32-29-17-10-11-19-35(29)38(2,3)36(32)22-31(23)34/h4-22H,1-3H3. The molecule has 0 amide bonds. The second-order valence-electron chi connectivity index (χ2n) is 11.4. The summed E-state index contributed by atoms with van der Waals surface area (Å²) >= 11 is 0. The lowest BCUT2D eigenvalue weighted by molar-refractivity contribution is 0.661. The fourth-order valence-corrected chi connectivity index (χ4v) is 7.13. The van der Waals surface area contributed by atoms with E-state index < -0.39 is 0 Å². The molecule has 1 aliphatic rings. The highest BCUT2D eigenvalue weighted by Crippen LogP contribution is 2.52. The molecule has 0 saturated carbocycles. The predicted molar refractivity (Wildman–Crippen MR) is 164 cm³/mol. The third kappa shape index (κ3) is 2.75. The predicted octanol–water partition coefficient (Wildman–Crippen LogP) is 10.6. The van der Waals surface area contributed by atoms with Gasteiger partial charge in [0.1, 0.15) is 0 Å². The molecule has 0 spiro atoms. The number of hydrogen-bond acceptors (Lipinski definition) is 0. The van der Waals surface area contributed by atoms with Crippen LogP contribution >= 0.6 is 0 Å². The summed E-state index contributed by atoms with van der Waals surface area (Å²) < 4.78 is 0. The summed E-state index contributed by atoms with van der Waals surface area (Å²) in [5.41, 5.74) is 9.59. The van der Waals surface area contributed by atoms with Gasteiger partial charge in [0.05, 0.1) is 0 Å². The van der Waals surface area contributed by atoms with Gasteiger partial charge in [0.15, 0.2) is 0 Å². The van der Waals surface area contributed by atoms with Crippen LogP contribution in [0.15, 0.2) is 115 Å². The minimum absolute atomic E-state index is 0.0198. The molecule has 8 rings (SSSR count). The molecule has 0 nitrogen and oxygen atoms in total. The third-order valence-electron chi connectivity index (χ3n) is 9.03. The van der Waals surface area contributed by atoms with Crippen molar-refractivity contribution < 1.29 is 0 Å². The summed E-state index contributed by atoms with van der Waals surface area (Å²) in [5.74, 6) is 0. The van der Waals surface area contributed by atoms with E-state index in [1.54, 1.807) is 0 Å². The lowest BCUT2D eigenvalue weighted by atomic mass is 9.80. The second-order valence-corrected chi connectivity index (χ2v) is 11.4. The lowest BCUT2D eigenvalue weighted by Crippen LogP contribution is -2.14. The fourth-order valence-electron chi connectivity index (χ4n) is 7.13. The van der Waals surface area contributed by atoms with E-state index in [1.165, 1.54) is 82.0 Å². The average Bonchev–Trinajstić information content (AvgIpc) is 3.18. The van der Waals surface area contributed by atoms with E-state index in [1.807, 2.05) is 0 Å². The highest BCUT2D eigenvalue weighted by atomic mass is 14.4. The zero-order valence-corrected chi connectivity index (χ0v) is 22.0. The summed E-state index contributed by atoms with van der Waals surface area (Å²) in [7, 11) is 0. The number of fused-ring (bicyclic) bond motifs is 8. The fraction of sp³-hybridized carbons (Fsp3) is 0.105. The molecule has 180 valence electrons. The van der Waals surface area contributed by atoms with Gasteiger partial charge in [-0.1, -0.05) is 111 Å². The minimum atomic E-state index is -0.0198. The van der Waals surface area contributed by atoms with Crippen molar-refractivity contribution in [2.24, 2.45) is 0 Å². The molecule has 7 aromatic rings. The normalized spacial score (nSPS) is 13.9. The van der Waals surface area contributed by atoms with Crippen LogP contribution in [0.25, 0.3) is 65.3 Å². The Morgan fingerprint density at radius 3 is 1.87 bits per heavy atom. The average molecular weight is 485 g/mol. The van der Waals surface area contributed by atoms with E-state index in [9.17, 15) is 0 Å². The summed E-state index contributed by atoms with van der Waals surface area (Å²) in [6.45, 7) is 7.05. The van der Waals surface area contributed by atoms with E-state index in [2.05, 4.69) is 136 Å². The molecule has 1 aliphatic carbocycles. The van der Waals surface area contributed by atoms with E-state index in [0.29, 0.717) is 0 Å². The molecule has 0 aromatic heterocycles. The molecule has 0 unspecified atom stereocenters. The smallest absolute Gasteiger partial charge is 0.0159 e. The first-order valence-corrected chi connectivity index (χ1v) is 13.5. The Kier molecular flexibility index (Phi) is 4.30. The molecule has 0 N–H and O–H groups in total. The number of hydrogen-bond donors (Lipinski definition) is 0. The highest BCUT2D eigenvalue weighted by Gasteiger charge is 2.36. The van der Waals surface area contributed by atoms with Gasteiger partial charge in [-0.05, 0) is 107 Å². The molecule has 0 aliphatic heterocycles. The first-order valence-electron chi connectivity index (χ1n) is 13.5. The van der Waals surface area contributed by atoms with Crippen molar-refractivity contribution in [2.45, 2.75) is 26.2 Å². The minimum Gasteiger partial charge on any atom is -0.0619 e. The van der Waals surface area contributed by atoms with Crippen LogP contribution in [0.4, 0.5) is 0 Å². The molecule has 0 saturated heterocycles. The zero-order chi connectivity index (χ0) is 25.6. The van der Waals surface area contributed by atoms with Crippen LogP contribution in [-0.2, 0) is 5.41 Å². The molecule has 0 fully saturated rings. The van der Waals surface area contributed by atoms with Gasteiger partial charge in [0, 0.05) is 5.41 Å². The molecule has 0 heteroatoms. The molecule has 38 heavy (non-hydrogen) atoms. The first kappa shape index (κ1) is 21.6. The van der Waals surface area contributed by atoms with Crippen molar-refractivity contribution in [1.29, 1.82) is 0 Å². The Labute approximate surface area is 223 Å². The van der Waals surface area contributed by atoms with E-state index in [-0.39, 0.29) is 5.41 Å². The molecule has 7 aromatic carbocycles. The number of aryl methyl sites for hydroxylation is 1. The van der Waals surface area contributed by atoms with Crippen LogP contribution in [-0.4, -0.2) is 0 Å². The quantitative estimate of drug-likeness (QED) is 0.161. The Morgan fingerprint density at radius 1 is 0.421 bits per heavy atom. The van der Waals surface area contributed by atoms with Gasteiger partial charge < -0.3 is 0 Å². The molecule has 0 atom stereocenters. The van der Waals surface area contributed by atoms with Gasteiger partial charge in [-0.25, -0.2) is 0 Å². The van der Waals surface area contributed by atoms with E-state index in [0.717, 1.165) is 0 Å². The Balaban J connectivity index is 1.61. The molecule has 0 radical (unpaired) electrons. The van der Waals surface area contributed by atoms with Crippen molar-refractivity contribution in [2.75, 3.05) is 0 Å². The van der Waals surface area contributed by atoms with Crippen LogP contribution in [0.3, 0.4) is 0 Å². The summed E-state index contributed by atoms with van der Waals surface area (Å²) in [6, 6.07) is 43.1. The second kappa shape index (κ2) is 7.55. The van der Waals surface area contributed by atoms with Crippen molar-refractivity contribution in [3.8, 4) is 22.3 Å². The van der Waals surface area contributed by atoms with Crippen LogP contribution in [0, 0.1) is 6.92 Å². The van der Waals surface area contributed by atoms with Gasteiger partial charge in [0.2, 0.25) is 0 Å². The monoisotopic (exact) mass is 484 g/mol. The molecule has 0 bridgehead atoms. The van der Waals surface area contributed by atoms with Crippen LogP contribution in [0.5, 0.6) is 0 Å². The largest absolute Gasteiger partial charge is 0.0619 e. The topological polar surface area (TPSA) is 0 Å². The molecular weight excluding hydrogens is 456 g/mol. The number of rotatable bonds is 1. The Bertz CT molecular complexity index is 2110. The maximum Gasteiger partial charge on any atom is 0.0159 e. The van der Waals surface area contributed by atoms with Crippen molar-refractivity contribution in [1.82, 2.24) is 0 Å². The van der Waals surface area contributed by atoms with Crippen LogP contribution in [0.2, 0.25) is 0 Å². The summed E-state index contributed by atoms with van der Waals surface area (Å²) in [6.07, 6.45) is 0. The molecule has 0 heterocycles. The van der Waals surface area contributed by atoms with Gasteiger partial charge in [-0.15, -0.1) is 0 Å². The Hall–Kier alpha value is -4.42. The third-order valence-corrected chi connectivity index (χ3v) is 9.03. The van der Waals surface area contributed by atoms with Gasteiger partial charge in [-0.3, -0.25) is 0 Å². The number of benzene rings is 7. The summed E-state index contributed by atoms with van der Waals surface area (Å²) in [4.78, 5) is 0. The van der Waals surface area contributed by atoms with Gasteiger partial charge in [0.25, 0.3) is 0 Å². The van der Waals surface area contributed by atoms with Crippen LogP contribution in [0.1, 0.15) is 30.5 Å². The van der Waals surface area contributed by atoms with E-state index in [4.69, 9.17) is 0 Å².